The number of carbonyl (C=O) groups is 1. The second-order valence-electron chi connectivity index (χ2n) is 4.54. The van der Waals surface area contributed by atoms with Crippen LogP contribution in [0, 0.1) is 0 Å². The molecule has 1 fully saturated rings. The van der Waals surface area contributed by atoms with Gasteiger partial charge in [-0.15, -0.1) is 11.3 Å². The highest BCUT2D eigenvalue weighted by Crippen LogP contribution is 2.26. The molecule has 0 aliphatic carbocycles. The van der Waals surface area contributed by atoms with Gasteiger partial charge in [0.15, 0.2) is 0 Å². The first-order valence-corrected chi connectivity index (χ1v) is 7.79. The van der Waals surface area contributed by atoms with Gasteiger partial charge in [0.05, 0.1) is 6.54 Å². The maximum atomic E-state index is 11.2. The molecule has 0 spiro atoms. The molecule has 0 atom stereocenters. The number of hydrogen-bond donors (Lipinski definition) is 2. The zero-order valence-electron chi connectivity index (χ0n) is 10.2. The van der Waals surface area contributed by atoms with E-state index >= 15 is 0 Å². The van der Waals surface area contributed by atoms with Gasteiger partial charge >= 0.3 is 0 Å². The molecule has 1 saturated heterocycles. The lowest BCUT2D eigenvalue weighted by Crippen LogP contribution is -2.45. The fourth-order valence-electron chi connectivity index (χ4n) is 2.31. The van der Waals surface area contributed by atoms with Crippen LogP contribution in [-0.4, -0.2) is 36.5 Å². The molecule has 0 bridgehead atoms. The highest BCUT2D eigenvalue weighted by atomic mass is 79.9. The van der Waals surface area contributed by atoms with Crippen molar-refractivity contribution in [3.05, 3.63) is 20.8 Å². The van der Waals surface area contributed by atoms with Gasteiger partial charge in [-0.25, -0.2) is 0 Å². The van der Waals surface area contributed by atoms with E-state index < -0.39 is 0 Å². The summed E-state index contributed by atoms with van der Waals surface area (Å²) in [6.45, 7) is 3.18. The average Bonchev–Trinajstić information content (AvgIpc) is 2.75. The van der Waals surface area contributed by atoms with Crippen LogP contribution in [0.25, 0.3) is 0 Å². The fraction of sp³-hybridized carbons (Fsp3) is 0.583. The number of amides is 1. The van der Waals surface area contributed by atoms with Crippen molar-refractivity contribution < 1.29 is 4.79 Å². The molecule has 100 valence electrons. The van der Waals surface area contributed by atoms with Crippen LogP contribution in [0.15, 0.2) is 15.9 Å². The topological polar surface area (TPSA) is 58.4 Å². The zero-order chi connectivity index (χ0) is 13.0. The van der Waals surface area contributed by atoms with Crippen LogP contribution < -0.4 is 11.1 Å². The van der Waals surface area contributed by atoms with Crippen LogP contribution >= 0.6 is 27.3 Å². The summed E-state index contributed by atoms with van der Waals surface area (Å²) in [6.07, 6.45) is 2.16. The maximum absolute atomic E-state index is 11.2. The number of piperidine rings is 1. The van der Waals surface area contributed by atoms with Gasteiger partial charge in [0.2, 0.25) is 5.91 Å². The van der Waals surface area contributed by atoms with Gasteiger partial charge in [0, 0.05) is 21.9 Å². The van der Waals surface area contributed by atoms with Gasteiger partial charge in [-0.2, -0.15) is 0 Å². The van der Waals surface area contributed by atoms with Crippen molar-refractivity contribution in [3.63, 3.8) is 0 Å². The van der Waals surface area contributed by atoms with Crippen molar-refractivity contribution in [2.75, 3.05) is 19.6 Å². The van der Waals surface area contributed by atoms with E-state index in [-0.39, 0.29) is 5.91 Å². The molecule has 6 heteroatoms. The van der Waals surface area contributed by atoms with Gasteiger partial charge < -0.3 is 11.1 Å². The molecule has 2 heterocycles. The Labute approximate surface area is 120 Å². The van der Waals surface area contributed by atoms with Gasteiger partial charge in [-0.05, 0) is 53.3 Å². The summed E-state index contributed by atoms with van der Waals surface area (Å²) in [4.78, 5) is 14.7. The second-order valence-corrected chi connectivity index (χ2v) is 6.40. The SMILES string of the molecule is NC(=O)CN(Cc1sccc1Br)C1CCNCC1. The molecule has 1 aliphatic rings. The van der Waals surface area contributed by atoms with Crippen LogP contribution in [0.3, 0.4) is 0 Å². The Kier molecular flexibility index (Phi) is 5.17. The Balaban J connectivity index is 2.04. The Morgan fingerprint density at radius 2 is 2.28 bits per heavy atom. The third-order valence-electron chi connectivity index (χ3n) is 3.22. The number of rotatable bonds is 5. The molecule has 0 radical (unpaired) electrons. The van der Waals surface area contributed by atoms with E-state index in [4.69, 9.17) is 5.73 Å². The smallest absolute Gasteiger partial charge is 0.231 e. The van der Waals surface area contributed by atoms with Crippen molar-refractivity contribution in [3.8, 4) is 0 Å². The molecule has 1 amide bonds. The van der Waals surface area contributed by atoms with Gasteiger partial charge in [0.25, 0.3) is 0 Å². The quantitative estimate of drug-likeness (QED) is 0.860. The number of nitrogens with one attached hydrogen (secondary N) is 1. The van der Waals surface area contributed by atoms with E-state index in [2.05, 4.69) is 31.5 Å². The van der Waals surface area contributed by atoms with Crippen molar-refractivity contribution in [2.24, 2.45) is 5.73 Å². The van der Waals surface area contributed by atoms with Crippen molar-refractivity contribution in [1.29, 1.82) is 0 Å². The number of nitrogens with zero attached hydrogens (tertiary/aromatic N) is 1. The summed E-state index contributed by atoms with van der Waals surface area (Å²) in [5.74, 6) is -0.249. The maximum Gasteiger partial charge on any atom is 0.231 e. The predicted molar refractivity (Wildman–Crippen MR) is 77.5 cm³/mol. The first-order valence-electron chi connectivity index (χ1n) is 6.11. The van der Waals surface area contributed by atoms with E-state index in [0.29, 0.717) is 12.6 Å². The Morgan fingerprint density at radius 1 is 1.56 bits per heavy atom. The number of primary amides is 1. The van der Waals surface area contributed by atoms with Crippen LogP contribution in [0.4, 0.5) is 0 Å². The lowest BCUT2D eigenvalue weighted by atomic mass is 10.0. The Hall–Kier alpha value is -0.430. The summed E-state index contributed by atoms with van der Waals surface area (Å²) in [7, 11) is 0. The zero-order valence-corrected chi connectivity index (χ0v) is 12.6. The summed E-state index contributed by atoms with van der Waals surface area (Å²) >= 11 is 5.25. The normalized spacial score (nSPS) is 17.2. The number of carbonyl (C=O) groups excluding carboxylic acids is 1. The molecule has 1 aromatic heterocycles. The third kappa shape index (κ3) is 3.78. The summed E-state index contributed by atoms with van der Waals surface area (Å²) < 4.78 is 1.12. The standard InChI is InChI=1S/C12H18BrN3OS/c13-10-3-6-18-11(10)7-16(8-12(14)17)9-1-4-15-5-2-9/h3,6,9,15H,1-2,4-5,7-8H2,(H2,14,17). The van der Waals surface area contributed by atoms with Gasteiger partial charge in [-0.1, -0.05) is 0 Å². The molecule has 0 unspecified atom stereocenters. The third-order valence-corrected chi connectivity index (χ3v) is 5.13. The minimum Gasteiger partial charge on any atom is -0.369 e. The molecule has 0 saturated carbocycles. The van der Waals surface area contributed by atoms with Crippen LogP contribution in [0.2, 0.25) is 0 Å². The summed E-state index contributed by atoms with van der Waals surface area (Å²) in [6, 6.07) is 2.50. The minimum atomic E-state index is -0.249. The number of thiophene rings is 1. The highest BCUT2D eigenvalue weighted by molar-refractivity contribution is 9.10. The van der Waals surface area contributed by atoms with Crippen molar-refractivity contribution in [2.45, 2.75) is 25.4 Å². The minimum absolute atomic E-state index is 0.249. The van der Waals surface area contributed by atoms with E-state index in [0.717, 1.165) is 36.9 Å². The molecule has 0 aromatic carbocycles. The largest absolute Gasteiger partial charge is 0.369 e. The number of hydrogen-bond acceptors (Lipinski definition) is 4. The lowest BCUT2D eigenvalue weighted by Gasteiger charge is -2.33. The molecule has 18 heavy (non-hydrogen) atoms. The molecule has 1 aromatic rings. The second kappa shape index (κ2) is 6.65. The first kappa shape index (κ1) is 14.0. The number of halogens is 1. The van der Waals surface area contributed by atoms with Gasteiger partial charge in [-0.3, -0.25) is 9.69 Å². The molecule has 4 nitrogen and oxygen atoms in total. The van der Waals surface area contributed by atoms with E-state index in [1.54, 1.807) is 11.3 Å². The van der Waals surface area contributed by atoms with E-state index in [1.807, 2.05) is 6.07 Å². The fourth-order valence-corrected chi connectivity index (χ4v) is 3.81. The van der Waals surface area contributed by atoms with E-state index in [1.165, 1.54) is 4.88 Å². The Morgan fingerprint density at radius 3 is 2.83 bits per heavy atom. The lowest BCUT2D eigenvalue weighted by molar-refractivity contribution is -0.120. The van der Waals surface area contributed by atoms with Gasteiger partial charge in [0.1, 0.15) is 0 Å². The van der Waals surface area contributed by atoms with Crippen LogP contribution in [-0.2, 0) is 11.3 Å². The number of nitrogens with two attached hydrogens (primary N) is 1. The van der Waals surface area contributed by atoms with Crippen LogP contribution in [0.1, 0.15) is 17.7 Å². The van der Waals surface area contributed by atoms with Crippen molar-refractivity contribution >= 4 is 33.2 Å². The average molecular weight is 332 g/mol. The summed E-state index contributed by atoms with van der Waals surface area (Å²) in [5, 5.41) is 5.40. The summed E-state index contributed by atoms with van der Waals surface area (Å²) in [5.41, 5.74) is 5.36. The first-order chi connectivity index (χ1) is 8.66. The monoisotopic (exact) mass is 331 g/mol. The van der Waals surface area contributed by atoms with Crippen molar-refractivity contribution in [1.82, 2.24) is 10.2 Å². The molecular weight excluding hydrogens is 314 g/mol. The Bertz CT molecular complexity index is 404. The van der Waals surface area contributed by atoms with E-state index in [9.17, 15) is 4.79 Å². The van der Waals surface area contributed by atoms with Crippen LogP contribution in [0.5, 0.6) is 0 Å². The molecule has 2 rings (SSSR count). The molecule has 1 aliphatic heterocycles. The molecule has 3 N–H and O–H groups in total. The molecular formula is C12H18BrN3OS. The highest BCUT2D eigenvalue weighted by Gasteiger charge is 2.23. The predicted octanol–water partition coefficient (Wildman–Crippen LogP) is 1.55.